The lowest BCUT2D eigenvalue weighted by atomic mass is 10.1. The Bertz CT molecular complexity index is 1810. The highest BCUT2D eigenvalue weighted by molar-refractivity contribution is 7.93. The topological polar surface area (TPSA) is 80.6 Å². The number of aromatic nitrogens is 1. The van der Waals surface area contributed by atoms with Crippen LogP contribution in [-0.4, -0.2) is 32.5 Å². The van der Waals surface area contributed by atoms with Gasteiger partial charge in [-0.3, -0.25) is 9.10 Å². The molecule has 0 unspecified atom stereocenters. The lowest BCUT2D eigenvalue weighted by molar-refractivity contribution is -0.114. The minimum absolute atomic E-state index is 0.0103. The van der Waals surface area contributed by atoms with Crippen molar-refractivity contribution in [3.63, 3.8) is 0 Å². The standard InChI is InChI=1S/C32H33N3O4S/c1-5-23-12-15-25(16-13-23)35(40(37,38)31-19-22(3)11-18-30(31)39-4)21-32(36)33-24-14-17-29-27(20-24)26-9-7-8-10-28(26)34(29)6-2/h7-20H,5-6,21H2,1-4H3,(H,33,36). The second kappa shape index (κ2) is 11.1. The Morgan fingerprint density at radius 1 is 0.900 bits per heavy atom. The van der Waals surface area contributed by atoms with Crippen molar-refractivity contribution in [1.82, 2.24) is 4.57 Å². The van der Waals surface area contributed by atoms with Gasteiger partial charge in [0.25, 0.3) is 10.0 Å². The highest BCUT2D eigenvalue weighted by Crippen LogP contribution is 2.33. The van der Waals surface area contributed by atoms with E-state index in [9.17, 15) is 13.2 Å². The minimum atomic E-state index is -4.15. The van der Waals surface area contributed by atoms with Gasteiger partial charge in [-0.15, -0.1) is 0 Å². The number of amides is 1. The van der Waals surface area contributed by atoms with E-state index in [2.05, 4.69) is 28.9 Å². The third kappa shape index (κ3) is 5.02. The van der Waals surface area contributed by atoms with Gasteiger partial charge < -0.3 is 14.6 Å². The molecular formula is C32H33N3O4S. The Morgan fingerprint density at radius 3 is 2.33 bits per heavy atom. The number of sulfonamides is 1. The maximum atomic E-state index is 14.0. The Hall–Kier alpha value is -4.30. The third-order valence-electron chi connectivity index (χ3n) is 7.18. The van der Waals surface area contributed by atoms with Gasteiger partial charge >= 0.3 is 0 Å². The van der Waals surface area contributed by atoms with Gasteiger partial charge in [-0.2, -0.15) is 0 Å². The van der Waals surface area contributed by atoms with Gasteiger partial charge in [0.15, 0.2) is 0 Å². The number of ether oxygens (including phenoxy) is 1. The molecule has 0 aliphatic rings. The van der Waals surface area contributed by atoms with E-state index in [0.29, 0.717) is 11.4 Å². The lowest BCUT2D eigenvalue weighted by Gasteiger charge is -2.25. The molecule has 0 aliphatic carbocycles. The van der Waals surface area contributed by atoms with Gasteiger partial charge in [-0.25, -0.2) is 8.42 Å². The molecule has 5 rings (SSSR count). The number of carbonyl (C=O) groups is 1. The quantitative estimate of drug-likeness (QED) is 0.224. The normalized spacial score (nSPS) is 11.6. The second-order valence-corrected chi connectivity index (χ2v) is 11.6. The number of aryl methyl sites for hydroxylation is 3. The zero-order valence-electron chi connectivity index (χ0n) is 23.1. The molecule has 0 saturated heterocycles. The molecule has 5 aromatic rings. The smallest absolute Gasteiger partial charge is 0.268 e. The molecular weight excluding hydrogens is 522 g/mol. The van der Waals surface area contributed by atoms with Crippen LogP contribution < -0.4 is 14.4 Å². The lowest BCUT2D eigenvalue weighted by Crippen LogP contribution is -2.38. The van der Waals surface area contributed by atoms with E-state index >= 15 is 0 Å². The first-order valence-corrected chi connectivity index (χ1v) is 14.8. The van der Waals surface area contributed by atoms with Crippen LogP contribution in [0.1, 0.15) is 25.0 Å². The summed E-state index contributed by atoms with van der Waals surface area (Å²) >= 11 is 0. The summed E-state index contributed by atoms with van der Waals surface area (Å²) in [6.45, 7) is 6.37. The Balaban J connectivity index is 1.51. The molecule has 1 N–H and O–H groups in total. The highest BCUT2D eigenvalue weighted by atomic mass is 32.2. The average Bonchev–Trinajstić information content (AvgIpc) is 3.28. The summed E-state index contributed by atoms with van der Waals surface area (Å²) in [4.78, 5) is 13.4. The predicted octanol–water partition coefficient (Wildman–Crippen LogP) is 6.53. The van der Waals surface area contributed by atoms with E-state index in [-0.39, 0.29) is 10.6 Å². The van der Waals surface area contributed by atoms with E-state index in [0.717, 1.165) is 50.2 Å². The fourth-order valence-corrected chi connectivity index (χ4v) is 6.78. The van der Waals surface area contributed by atoms with Crippen molar-refractivity contribution in [3.05, 3.63) is 96.1 Å². The van der Waals surface area contributed by atoms with Gasteiger partial charge in [0.05, 0.1) is 12.8 Å². The highest BCUT2D eigenvalue weighted by Gasteiger charge is 2.30. The van der Waals surface area contributed by atoms with Crippen LogP contribution in [0.3, 0.4) is 0 Å². The molecule has 1 aromatic heterocycles. The number of carbonyl (C=O) groups excluding carboxylic acids is 1. The molecule has 1 amide bonds. The first-order chi connectivity index (χ1) is 19.3. The van der Waals surface area contributed by atoms with E-state index < -0.39 is 22.5 Å². The van der Waals surface area contributed by atoms with Crippen LogP contribution in [0.4, 0.5) is 11.4 Å². The van der Waals surface area contributed by atoms with Gasteiger partial charge in [-0.1, -0.05) is 43.3 Å². The van der Waals surface area contributed by atoms with E-state index in [4.69, 9.17) is 4.74 Å². The number of benzene rings is 4. The number of methoxy groups -OCH3 is 1. The number of fused-ring (bicyclic) bond motifs is 3. The number of anilines is 2. The first-order valence-electron chi connectivity index (χ1n) is 13.3. The molecule has 0 atom stereocenters. The van der Waals surface area contributed by atoms with Crippen molar-refractivity contribution in [3.8, 4) is 5.75 Å². The maximum absolute atomic E-state index is 14.0. The fourth-order valence-electron chi connectivity index (χ4n) is 5.12. The van der Waals surface area contributed by atoms with Crippen molar-refractivity contribution in [2.24, 2.45) is 0 Å². The van der Waals surface area contributed by atoms with Crippen molar-refractivity contribution in [2.45, 2.75) is 38.6 Å². The SMILES string of the molecule is CCc1ccc(N(CC(=O)Nc2ccc3c(c2)c2ccccc2n3CC)S(=O)(=O)c2cc(C)ccc2OC)cc1. The summed E-state index contributed by atoms with van der Waals surface area (Å²) < 4.78 is 36.8. The summed E-state index contributed by atoms with van der Waals surface area (Å²) in [6.07, 6.45) is 0.816. The van der Waals surface area contributed by atoms with E-state index in [1.165, 1.54) is 7.11 Å². The van der Waals surface area contributed by atoms with Crippen LogP contribution in [0.5, 0.6) is 5.75 Å². The predicted molar refractivity (Wildman–Crippen MR) is 162 cm³/mol. The summed E-state index contributed by atoms with van der Waals surface area (Å²) in [5.74, 6) is -0.229. The van der Waals surface area contributed by atoms with Crippen molar-refractivity contribution in [2.75, 3.05) is 23.3 Å². The van der Waals surface area contributed by atoms with E-state index in [1.807, 2.05) is 56.3 Å². The molecule has 206 valence electrons. The molecule has 0 bridgehead atoms. The second-order valence-electron chi connectivity index (χ2n) is 9.73. The van der Waals surface area contributed by atoms with Crippen LogP contribution >= 0.6 is 0 Å². The van der Waals surface area contributed by atoms with Gasteiger partial charge in [-0.05, 0) is 79.9 Å². The number of nitrogens with one attached hydrogen (secondary N) is 1. The number of hydrogen-bond acceptors (Lipinski definition) is 4. The molecule has 0 saturated carbocycles. The monoisotopic (exact) mass is 555 g/mol. The van der Waals surface area contributed by atoms with Crippen molar-refractivity contribution in [1.29, 1.82) is 0 Å². The third-order valence-corrected chi connectivity index (χ3v) is 8.97. The number of nitrogens with zero attached hydrogens (tertiary/aromatic N) is 2. The van der Waals surface area contributed by atoms with Crippen LogP contribution in [0.25, 0.3) is 21.8 Å². The van der Waals surface area contributed by atoms with Crippen LogP contribution in [0.15, 0.2) is 89.8 Å². The molecule has 0 spiro atoms. The largest absolute Gasteiger partial charge is 0.495 e. The zero-order valence-corrected chi connectivity index (χ0v) is 24.0. The maximum Gasteiger partial charge on any atom is 0.268 e. The number of hydrogen-bond donors (Lipinski definition) is 1. The van der Waals surface area contributed by atoms with Crippen molar-refractivity contribution < 1.29 is 17.9 Å². The summed E-state index contributed by atoms with van der Waals surface area (Å²) in [7, 11) is -2.71. The van der Waals surface area contributed by atoms with Gasteiger partial charge in [0.2, 0.25) is 5.91 Å². The van der Waals surface area contributed by atoms with Crippen LogP contribution in [0.2, 0.25) is 0 Å². The molecule has 40 heavy (non-hydrogen) atoms. The number of rotatable bonds is 9. The first kappa shape index (κ1) is 27.3. The summed E-state index contributed by atoms with van der Waals surface area (Å²) in [5, 5.41) is 5.05. The Labute approximate surface area is 235 Å². The van der Waals surface area contributed by atoms with Crippen LogP contribution in [-0.2, 0) is 27.8 Å². The molecule has 7 nitrogen and oxygen atoms in total. The van der Waals surface area contributed by atoms with Gasteiger partial charge in [0, 0.05) is 34.0 Å². The van der Waals surface area contributed by atoms with Gasteiger partial charge in [0.1, 0.15) is 17.2 Å². The zero-order chi connectivity index (χ0) is 28.4. The van der Waals surface area contributed by atoms with E-state index in [1.54, 1.807) is 30.3 Å². The Kier molecular flexibility index (Phi) is 7.54. The van der Waals surface area contributed by atoms with Crippen molar-refractivity contribution >= 4 is 49.1 Å². The summed E-state index contributed by atoms with van der Waals surface area (Å²) in [5.41, 5.74) is 5.04. The fraction of sp³-hybridized carbons (Fsp3) is 0.219. The molecule has 0 fully saturated rings. The molecule has 0 radical (unpaired) electrons. The number of para-hydroxylation sites is 1. The molecule has 0 aliphatic heterocycles. The summed E-state index contributed by atoms with van der Waals surface area (Å²) in [6, 6.07) is 26.2. The molecule has 8 heteroatoms. The van der Waals surface area contributed by atoms with Crippen LogP contribution in [0, 0.1) is 6.92 Å². The minimum Gasteiger partial charge on any atom is -0.495 e. The molecule has 4 aromatic carbocycles. The molecule has 1 heterocycles. The Morgan fingerprint density at radius 2 is 1.62 bits per heavy atom. The average molecular weight is 556 g/mol.